The van der Waals surface area contributed by atoms with Crippen LogP contribution in [-0.4, -0.2) is 37.5 Å². The molecule has 2 heterocycles. The number of alkyl halides is 4. The average Bonchev–Trinajstić information content (AvgIpc) is 3.11. The molecule has 1 N–H and O–H groups in total. The third kappa shape index (κ3) is 5.26. The van der Waals surface area contributed by atoms with E-state index in [0.29, 0.717) is 17.7 Å². The summed E-state index contributed by atoms with van der Waals surface area (Å²) in [7, 11) is 0. The highest BCUT2D eigenvalue weighted by atomic mass is 35.5. The molecule has 0 radical (unpaired) electrons. The van der Waals surface area contributed by atoms with E-state index >= 15 is 0 Å². The van der Waals surface area contributed by atoms with Gasteiger partial charge in [-0.2, -0.15) is 22.8 Å². The van der Waals surface area contributed by atoms with E-state index in [2.05, 4.69) is 10.1 Å². The van der Waals surface area contributed by atoms with Crippen LogP contribution in [0.3, 0.4) is 0 Å². The van der Waals surface area contributed by atoms with E-state index in [9.17, 15) is 35.9 Å². The Bertz CT molecular complexity index is 1300. The molecule has 0 aliphatic heterocycles. The molecule has 0 saturated heterocycles. The normalized spacial score (nSPS) is 12.5. The smallest absolute Gasteiger partial charge is 0.425 e. The zero-order valence-electron chi connectivity index (χ0n) is 18.0. The molecule has 1 atom stereocenters. The van der Waals surface area contributed by atoms with Crippen molar-refractivity contribution >= 4 is 23.2 Å². The first-order valence-corrected chi connectivity index (χ1v) is 10.2. The van der Waals surface area contributed by atoms with Crippen molar-refractivity contribution < 1.29 is 35.9 Å². The number of carbonyl (C=O) groups is 1. The van der Waals surface area contributed by atoms with Crippen molar-refractivity contribution in [3.05, 3.63) is 62.8 Å². The summed E-state index contributed by atoms with van der Waals surface area (Å²) in [6, 6.07) is 3.84. The fourth-order valence-electron chi connectivity index (χ4n) is 2.89. The van der Waals surface area contributed by atoms with Crippen molar-refractivity contribution in [3.8, 4) is 11.7 Å². The highest BCUT2D eigenvalue weighted by Crippen LogP contribution is 2.30. The lowest BCUT2D eigenvalue weighted by molar-refractivity contribution is -0.190. The molecule has 3 rings (SSSR count). The molecule has 0 fully saturated rings. The van der Waals surface area contributed by atoms with Gasteiger partial charge in [0.25, 0.3) is 5.91 Å². The molecule has 0 saturated carbocycles. The SMILES string of the molecule is CCn1c(CF)nn(-c2nc(OC(C)C(F)(F)F)c(C(=O)Nc3c(F)cccc3Cl)cc2F)c1=O. The first-order valence-electron chi connectivity index (χ1n) is 9.83. The Morgan fingerprint density at radius 1 is 1.26 bits per heavy atom. The van der Waals surface area contributed by atoms with Crippen molar-refractivity contribution in [1.29, 1.82) is 0 Å². The lowest BCUT2D eigenvalue weighted by Crippen LogP contribution is -2.33. The predicted octanol–water partition coefficient (Wildman–Crippen LogP) is 4.43. The van der Waals surface area contributed by atoms with Crippen LogP contribution >= 0.6 is 11.6 Å². The second-order valence-corrected chi connectivity index (χ2v) is 7.39. The molecule has 0 spiro atoms. The van der Waals surface area contributed by atoms with Gasteiger partial charge >= 0.3 is 11.9 Å². The number of carbonyl (C=O) groups excluding carboxylic acids is 1. The number of anilines is 1. The number of nitrogens with one attached hydrogen (secondary N) is 1. The summed E-state index contributed by atoms with van der Waals surface area (Å²) in [6.45, 7) is 0.838. The van der Waals surface area contributed by atoms with Gasteiger partial charge in [-0.3, -0.25) is 9.36 Å². The van der Waals surface area contributed by atoms with E-state index in [-0.39, 0.29) is 17.4 Å². The molecule has 0 bridgehead atoms. The van der Waals surface area contributed by atoms with Crippen molar-refractivity contribution in [1.82, 2.24) is 19.3 Å². The Morgan fingerprint density at radius 3 is 2.49 bits per heavy atom. The number of hydrogen-bond donors (Lipinski definition) is 1. The number of nitrogens with zero attached hydrogens (tertiary/aromatic N) is 4. The third-order valence-electron chi connectivity index (χ3n) is 4.69. The summed E-state index contributed by atoms with van der Waals surface area (Å²) in [5, 5.41) is 5.39. The quantitative estimate of drug-likeness (QED) is 0.463. The van der Waals surface area contributed by atoms with E-state index in [0.717, 1.165) is 10.6 Å². The lowest BCUT2D eigenvalue weighted by Gasteiger charge is -2.19. The maximum Gasteiger partial charge on any atom is 0.425 e. The van der Waals surface area contributed by atoms with Crippen LogP contribution in [0.4, 0.5) is 32.0 Å². The molecule has 1 unspecified atom stereocenters. The maximum atomic E-state index is 15.0. The summed E-state index contributed by atoms with van der Waals surface area (Å²) in [5.74, 6) is -6.04. The molecule has 1 aromatic carbocycles. The highest BCUT2D eigenvalue weighted by Gasteiger charge is 2.39. The number of hydrogen-bond acceptors (Lipinski definition) is 5. The van der Waals surface area contributed by atoms with Crippen LogP contribution < -0.4 is 15.7 Å². The number of ether oxygens (including phenoxy) is 1. The number of rotatable bonds is 7. The highest BCUT2D eigenvalue weighted by molar-refractivity contribution is 6.34. The molecule has 0 aliphatic carbocycles. The van der Waals surface area contributed by atoms with E-state index in [1.165, 1.54) is 19.1 Å². The number of amides is 1. The largest absolute Gasteiger partial charge is 0.464 e. The topological polar surface area (TPSA) is 91.0 Å². The summed E-state index contributed by atoms with van der Waals surface area (Å²) in [4.78, 5) is 28.8. The van der Waals surface area contributed by atoms with Crippen molar-refractivity contribution in [3.63, 3.8) is 0 Å². The molecular formula is C20H16ClF6N5O3. The van der Waals surface area contributed by atoms with Crippen LogP contribution in [0.1, 0.15) is 30.0 Å². The molecule has 2 aromatic heterocycles. The first-order chi connectivity index (χ1) is 16.4. The van der Waals surface area contributed by atoms with E-state index in [4.69, 9.17) is 16.3 Å². The van der Waals surface area contributed by atoms with Gasteiger partial charge in [0, 0.05) is 6.54 Å². The fraction of sp³-hybridized carbons (Fsp3) is 0.300. The van der Waals surface area contributed by atoms with Crippen molar-refractivity contribution in [2.45, 2.75) is 39.3 Å². The van der Waals surface area contributed by atoms with Gasteiger partial charge in [0.05, 0.1) is 10.7 Å². The van der Waals surface area contributed by atoms with Gasteiger partial charge in [-0.25, -0.2) is 18.0 Å². The minimum absolute atomic E-state index is 0.0436. The van der Waals surface area contributed by atoms with E-state index < -0.39 is 65.1 Å². The zero-order chi connectivity index (χ0) is 26.1. The van der Waals surface area contributed by atoms with Crippen LogP contribution in [-0.2, 0) is 13.2 Å². The fourth-order valence-corrected chi connectivity index (χ4v) is 3.10. The minimum Gasteiger partial charge on any atom is -0.464 e. The molecule has 8 nitrogen and oxygen atoms in total. The van der Waals surface area contributed by atoms with E-state index in [1.54, 1.807) is 0 Å². The number of halogens is 7. The standard InChI is InChI=1S/C20H16ClF6N5O3/c1-3-31-14(8-22)30-32(19(31)34)16-13(24)7-10(18(29-16)35-9(2)20(25,26)27)17(33)28-15-11(21)5-4-6-12(15)23/h4-7,9H,3,8H2,1-2H3,(H,28,33). The van der Waals surface area contributed by atoms with Crippen molar-refractivity contribution in [2.75, 3.05) is 5.32 Å². The van der Waals surface area contributed by atoms with Gasteiger partial charge in [-0.15, -0.1) is 5.10 Å². The molecular weight excluding hydrogens is 508 g/mol. The Kier molecular flexibility index (Phi) is 7.43. The molecule has 15 heteroatoms. The number of para-hydroxylation sites is 1. The molecule has 188 valence electrons. The Hall–Kier alpha value is -3.55. The van der Waals surface area contributed by atoms with Gasteiger partial charge in [0.1, 0.15) is 18.1 Å². The molecule has 0 aliphatic rings. The van der Waals surface area contributed by atoms with E-state index in [1.807, 2.05) is 5.32 Å². The average molecular weight is 524 g/mol. The van der Waals surface area contributed by atoms with Crippen LogP contribution in [0.2, 0.25) is 5.02 Å². The first kappa shape index (κ1) is 26.1. The van der Waals surface area contributed by atoms with Gasteiger partial charge in [0.2, 0.25) is 5.88 Å². The number of pyridine rings is 1. The van der Waals surface area contributed by atoms with Crippen LogP contribution in [0.15, 0.2) is 29.1 Å². The zero-order valence-corrected chi connectivity index (χ0v) is 18.7. The maximum absolute atomic E-state index is 15.0. The molecule has 1 amide bonds. The number of benzene rings is 1. The third-order valence-corrected chi connectivity index (χ3v) is 5.01. The van der Waals surface area contributed by atoms with Gasteiger partial charge < -0.3 is 10.1 Å². The van der Waals surface area contributed by atoms with Crippen LogP contribution in [0.5, 0.6) is 5.88 Å². The lowest BCUT2D eigenvalue weighted by atomic mass is 10.2. The van der Waals surface area contributed by atoms with Crippen LogP contribution in [0, 0.1) is 11.6 Å². The summed E-state index contributed by atoms with van der Waals surface area (Å²) in [6.07, 6.45) is -7.44. The summed E-state index contributed by atoms with van der Waals surface area (Å²) >= 11 is 5.84. The van der Waals surface area contributed by atoms with Gasteiger partial charge in [-0.05, 0) is 32.0 Å². The van der Waals surface area contributed by atoms with Gasteiger partial charge in [-0.1, -0.05) is 17.7 Å². The second-order valence-electron chi connectivity index (χ2n) is 6.99. The van der Waals surface area contributed by atoms with Gasteiger partial charge in [0.15, 0.2) is 23.6 Å². The minimum atomic E-state index is -4.92. The van der Waals surface area contributed by atoms with Crippen molar-refractivity contribution in [2.24, 2.45) is 0 Å². The summed E-state index contributed by atoms with van der Waals surface area (Å²) < 4.78 is 87.5. The Balaban J connectivity index is 2.16. The molecule has 3 aromatic rings. The summed E-state index contributed by atoms with van der Waals surface area (Å²) in [5.41, 5.74) is -2.42. The Labute approximate surface area is 198 Å². The van der Waals surface area contributed by atoms with Crippen LogP contribution in [0.25, 0.3) is 5.82 Å². The monoisotopic (exact) mass is 523 g/mol. The Morgan fingerprint density at radius 2 is 1.94 bits per heavy atom. The predicted molar refractivity (Wildman–Crippen MR) is 112 cm³/mol. The molecule has 35 heavy (non-hydrogen) atoms. The second kappa shape index (κ2) is 9.98. The number of aromatic nitrogens is 4.